The third kappa shape index (κ3) is 2.54. The monoisotopic (exact) mass is 303 g/mol. The van der Waals surface area contributed by atoms with Gasteiger partial charge >= 0.3 is 0 Å². The van der Waals surface area contributed by atoms with Gasteiger partial charge in [0.1, 0.15) is 11.7 Å². The van der Waals surface area contributed by atoms with Crippen molar-refractivity contribution in [2.45, 2.75) is 6.04 Å². The molecule has 0 bridgehead atoms. The molecule has 0 spiro atoms. The van der Waals surface area contributed by atoms with Crippen LogP contribution in [-0.2, 0) is 7.05 Å². The highest BCUT2D eigenvalue weighted by molar-refractivity contribution is 6.31. The molecule has 0 saturated heterocycles. The third-order valence-electron chi connectivity index (χ3n) is 3.17. The molecular formula is C13H14ClN7. The van der Waals surface area contributed by atoms with Crippen molar-refractivity contribution in [2.24, 2.45) is 12.9 Å². The average Bonchev–Trinajstić information content (AvgIpc) is 3.11. The number of benzene rings is 1. The number of aryl methyl sites for hydroxylation is 1. The molecule has 0 aliphatic heterocycles. The summed E-state index contributed by atoms with van der Waals surface area (Å²) in [6.07, 6.45) is 3.23. The van der Waals surface area contributed by atoms with E-state index >= 15 is 0 Å². The maximum Gasteiger partial charge on any atom is 0.110 e. The van der Waals surface area contributed by atoms with Gasteiger partial charge < -0.3 is 0 Å². The highest BCUT2D eigenvalue weighted by Crippen LogP contribution is 2.25. The Bertz CT molecular complexity index is 715. The highest BCUT2D eigenvalue weighted by atomic mass is 35.5. The molecule has 108 valence electrons. The lowest BCUT2D eigenvalue weighted by molar-refractivity contribution is 0.558. The smallest absolute Gasteiger partial charge is 0.110 e. The number of hydrogen-bond donors (Lipinski definition) is 2. The summed E-state index contributed by atoms with van der Waals surface area (Å²) < 4.78 is 1.66. The molecule has 2 heterocycles. The number of nitrogens with two attached hydrogens (primary N) is 1. The number of rotatable bonds is 4. The first-order chi connectivity index (χ1) is 10.2. The molecule has 1 unspecified atom stereocenters. The van der Waals surface area contributed by atoms with Crippen LogP contribution in [0.15, 0.2) is 42.7 Å². The largest absolute Gasteiger partial charge is 0.270 e. The Labute approximate surface area is 126 Å². The predicted octanol–water partition coefficient (Wildman–Crippen LogP) is 1.21. The summed E-state index contributed by atoms with van der Waals surface area (Å²) in [6, 6.07) is 9.25. The van der Waals surface area contributed by atoms with E-state index in [9.17, 15) is 0 Å². The minimum atomic E-state index is -0.387. The van der Waals surface area contributed by atoms with E-state index in [1.54, 1.807) is 28.9 Å². The Morgan fingerprint density at radius 1 is 1.19 bits per heavy atom. The van der Waals surface area contributed by atoms with E-state index in [1.807, 2.05) is 30.3 Å². The van der Waals surface area contributed by atoms with Crippen molar-refractivity contribution in [2.75, 3.05) is 0 Å². The van der Waals surface area contributed by atoms with Crippen molar-refractivity contribution in [3.8, 4) is 5.69 Å². The number of halogens is 1. The van der Waals surface area contributed by atoms with Crippen molar-refractivity contribution >= 4 is 11.6 Å². The van der Waals surface area contributed by atoms with Gasteiger partial charge in [0, 0.05) is 7.05 Å². The van der Waals surface area contributed by atoms with E-state index in [-0.39, 0.29) is 6.04 Å². The number of nitrogens with one attached hydrogen (secondary N) is 1. The SMILES string of the molecule is Cn1ncc(Cl)c1C(NN)c1cnn(-c2ccccc2)n1. The number of hydrazine groups is 1. The number of para-hydroxylation sites is 1. The van der Waals surface area contributed by atoms with Crippen LogP contribution in [0, 0.1) is 0 Å². The fourth-order valence-corrected chi connectivity index (χ4v) is 2.42. The molecule has 1 atom stereocenters. The zero-order valence-corrected chi connectivity index (χ0v) is 12.1. The summed E-state index contributed by atoms with van der Waals surface area (Å²) in [7, 11) is 1.80. The molecule has 3 aromatic rings. The number of aromatic nitrogens is 5. The molecule has 3 rings (SSSR count). The van der Waals surface area contributed by atoms with Gasteiger partial charge in [0.05, 0.1) is 28.8 Å². The lowest BCUT2D eigenvalue weighted by Crippen LogP contribution is -2.31. The van der Waals surface area contributed by atoms with Gasteiger partial charge in [-0.15, -0.1) is 0 Å². The van der Waals surface area contributed by atoms with Crippen LogP contribution in [0.25, 0.3) is 5.69 Å². The fraction of sp³-hybridized carbons (Fsp3) is 0.154. The van der Waals surface area contributed by atoms with Crippen LogP contribution < -0.4 is 11.3 Å². The van der Waals surface area contributed by atoms with Crippen LogP contribution in [0.5, 0.6) is 0 Å². The van der Waals surface area contributed by atoms with E-state index in [0.717, 1.165) is 11.4 Å². The van der Waals surface area contributed by atoms with Gasteiger partial charge in [-0.1, -0.05) is 29.8 Å². The number of hydrogen-bond acceptors (Lipinski definition) is 5. The van der Waals surface area contributed by atoms with Crippen molar-refractivity contribution in [1.29, 1.82) is 0 Å². The molecule has 2 aromatic heterocycles. The van der Waals surface area contributed by atoms with E-state index < -0.39 is 0 Å². The summed E-state index contributed by atoms with van der Waals surface area (Å²) in [5.41, 5.74) is 4.97. The second-order valence-electron chi connectivity index (χ2n) is 4.50. The molecule has 21 heavy (non-hydrogen) atoms. The van der Waals surface area contributed by atoms with Crippen molar-refractivity contribution in [3.63, 3.8) is 0 Å². The summed E-state index contributed by atoms with van der Waals surface area (Å²) in [4.78, 5) is 1.55. The Kier molecular flexibility index (Phi) is 3.70. The standard InChI is InChI=1S/C13H14ClN7/c1-20-13(10(14)7-16-20)12(18-15)11-8-17-21(19-11)9-5-3-2-4-6-9/h2-8,12,18H,15H2,1H3. The molecule has 0 aliphatic carbocycles. The Balaban J connectivity index is 1.98. The maximum absolute atomic E-state index is 6.16. The first-order valence-electron chi connectivity index (χ1n) is 6.32. The third-order valence-corrected chi connectivity index (χ3v) is 3.46. The predicted molar refractivity (Wildman–Crippen MR) is 78.7 cm³/mol. The zero-order valence-electron chi connectivity index (χ0n) is 11.3. The topological polar surface area (TPSA) is 86.6 Å². The zero-order chi connectivity index (χ0) is 14.8. The van der Waals surface area contributed by atoms with Crippen LogP contribution in [0.2, 0.25) is 5.02 Å². The average molecular weight is 304 g/mol. The van der Waals surface area contributed by atoms with Crippen molar-refractivity contribution in [3.05, 3.63) is 59.1 Å². The van der Waals surface area contributed by atoms with Gasteiger partial charge in [0.2, 0.25) is 0 Å². The molecule has 1 aromatic carbocycles. The minimum Gasteiger partial charge on any atom is -0.270 e. The van der Waals surface area contributed by atoms with Crippen LogP contribution in [-0.4, -0.2) is 24.8 Å². The van der Waals surface area contributed by atoms with E-state index in [4.69, 9.17) is 17.4 Å². The second kappa shape index (κ2) is 5.65. The van der Waals surface area contributed by atoms with Crippen LogP contribution in [0.3, 0.4) is 0 Å². The first kappa shape index (κ1) is 13.7. The van der Waals surface area contributed by atoms with E-state index in [2.05, 4.69) is 20.7 Å². The lowest BCUT2D eigenvalue weighted by Gasteiger charge is -2.14. The maximum atomic E-state index is 6.16. The van der Waals surface area contributed by atoms with Crippen molar-refractivity contribution < 1.29 is 0 Å². The molecule has 0 saturated carbocycles. The summed E-state index contributed by atoms with van der Waals surface area (Å²) in [5.74, 6) is 5.65. The van der Waals surface area contributed by atoms with Gasteiger partial charge in [-0.2, -0.15) is 20.1 Å². The van der Waals surface area contributed by atoms with Crippen LogP contribution >= 0.6 is 11.6 Å². The molecule has 8 heteroatoms. The van der Waals surface area contributed by atoms with Crippen LogP contribution in [0.4, 0.5) is 0 Å². The first-order valence-corrected chi connectivity index (χ1v) is 6.69. The summed E-state index contributed by atoms with van der Waals surface area (Å²) in [5, 5.41) is 13.3. The molecule has 0 fully saturated rings. The van der Waals surface area contributed by atoms with Gasteiger partial charge in [0.15, 0.2) is 0 Å². The molecule has 0 radical (unpaired) electrons. The van der Waals surface area contributed by atoms with Gasteiger partial charge in [-0.25, -0.2) is 5.43 Å². The molecule has 3 N–H and O–H groups in total. The molecule has 7 nitrogen and oxygen atoms in total. The fourth-order valence-electron chi connectivity index (χ4n) is 2.14. The highest BCUT2D eigenvalue weighted by Gasteiger charge is 2.22. The van der Waals surface area contributed by atoms with Crippen LogP contribution in [0.1, 0.15) is 17.4 Å². The Morgan fingerprint density at radius 3 is 2.57 bits per heavy atom. The lowest BCUT2D eigenvalue weighted by atomic mass is 10.1. The van der Waals surface area contributed by atoms with Crippen molar-refractivity contribution in [1.82, 2.24) is 30.2 Å². The van der Waals surface area contributed by atoms with Gasteiger partial charge in [-0.05, 0) is 12.1 Å². The number of nitrogens with zero attached hydrogens (tertiary/aromatic N) is 5. The Hall–Kier alpha value is -2.22. The summed E-state index contributed by atoms with van der Waals surface area (Å²) in [6.45, 7) is 0. The molecular weight excluding hydrogens is 290 g/mol. The summed E-state index contributed by atoms with van der Waals surface area (Å²) >= 11 is 6.16. The second-order valence-corrected chi connectivity index (χ2v) is 4.90. The van der Waals surface area contributed by atoms with Gasteiger partial charge in [-0.3, -0.25) is 10.5 Å². The Morgan fingerprint density at radius 2 is 1.95 bits per heavy atom. The van der Waals surface area contributed by atoms with Gasteiger partial charge in [0.25, 0.3) is 0 Å². The normalized spacial score (nSPS) is 12.5. The van der Waals surface area contributed by atoms with E-state index in [0.29, 0.717) is 10.7 Å². The van der Waals surface area contributed by atoms with E-state index in [1.165, 1.54) is 0 Å². The molecule has 0 aliphatic rings. The minimum absolute atomic E-state index is 0.387. The quantitative estimate of drug-likeness (QED) is 0.559. The molecule has 0 amide bonds.